The number of methoxy groups -OCH3 is 1. The average Bonchev–Trinajstić information content (AvgIpc) is 2.37. The third kappa shape index (κ3) is 6.60. The van der Waals surface area contributed by atoms with Crippen molar-refractivity contribution < 1.29 is 23.5 Å². The van der Waals surface area contributed by atoms with Crippen molar-refractivity contribution in [2.75, 3.05) is 7.11 Å². The van der Waals surface area contributed by atoms with Crippen LogP contribution in [0.1, 0.15) is 46.5 Å². The predicted molar refractivity (Wildman–Crippen MR) is 76.3 cm³/mol. The Labute approximate surface area is 124 Å². The molecular formula is C15H24FNO4. The Kier molecular flexibility index (Phi) is 6.18. The molecule has 0 aromatic heterocycles. The molecule has 0 spiro atoms. The Morgan fingerprint density at radius 3 is 2.62 bits per heavy atom. The predicted octanol–water partition coefficient (Wildman–Crippen LogP) is 3.10. The number of esters is 1. The average molecular weight is 301 g/mol. The van der Waals surface area contributed by atoms with Crippen molar-refractivity contribution >= 4 is 12.1 Å². The van der Waals surface area contributed by atoms with Gasteiger partial charge in [-0.1, -0.05) is 6.08 Å². The van der Waals surface area contributed by atoms with Gasteiger partial charge in [0.2, 0.25) is 0 Å². The third-order valence-electron chi connectivity index (χ3n) is 3.21. The van der Waals surface area contributed by atoms with Gasteiger partial charge in [0.05, 0.1) is 12.9 Å². The first kappa shape index (κ1) is 17.5. The molecule has 1 N–H and O–H groups in total. The molecular weight excluding hydrogens is 277 g/mol. The quantitative estimate of drug-likeness (QED) is 0.810. The molecule has 1 unspecified atom stereocenters. The zero-order valence-electron chi connectivity index (χ0n) is 13.1. The number of halogens is 1. The summed E-state index contributed by atoms with van der Waals surface area (Å²) in [7, 11) is 1.27. The van der Waals surface area contributed by atoms with Crippen molar-refractivity contribution in [3.05, 3.63) is 11.9 Å². The summed E-state index contributed by atoms with van der Waals surface area (Å²) in [5.74, 6) is -0.486. The fourth-order valence-corrected chi connectivity index (χ4v) is 2.21. The summed E-state index contributed by atoms with van der Waals surface area (Å²) in [6.07, 6.45) is 2.90. The van der Waals surface area contributed by atoms with E-state index in [0.29, 0.717) is 25.7 Å². The highest BCUT2D eigenvalue weighted by Crippen LogP contribution is 2.27. The lowest BCUT2D eigenvalue weighted by Crippen LogP contribution is -2.45. The maximum atomic E-state index is 13.0. The highest BCUT2D eigenvalue weighted by Gasteiger charge is 2.28. The minimum Gasteiger partial charge on any atom is -0.467 e. The first-order valence-corrected chi connectivity index (χ1v) is 7.13. The molecule has 1 rings (SSSR count). The van der Waals surface area contributed by atoms with Crippen LogP contribution in [0.25, 0.3) is 0 Å². The number of allylic oxidation sites excluding steroid dienone is 2. The number of amides is 1. The maximum Gasteiger partial charge on any atom is 0.408 e. The fraction of sp³-hybridized carbons (Fsp3) is 0.733. The number of alkyl carbamates (subject to hydrolysis) is 1. The molecule has 0 heterocycles. The minimum atomic E-state index is -0.774. The van der Waals surface area contributed by atoms with E-state index in [4.69, 9.17) is 9.47 Å². The minimum absolute atomic E-state index is 0.110. The lowest BCUT2D eigenvalue weighted by atomic mass is 9.88. The van der Waals surface area contributed by atoms with E-state index in [9.17, 15) is 14.0 Å². The van der Waals surface area contributed by atoms with Crippen LogP contribution in [0.15, 0.2) is 11.9 Å². The number of carbonyl (C=O) groups is 2. The molecule has 5 nitrogen and oxygen atoms in total. The van der Waals surface area contributed by atoms with Gasteiger partial charge in [0.25, 0.3) is 0 Å². The molecule has 0 aliphatic heterocycles. The Morgan fingerprint density at radius 2 is 2.14 bits per heavy atom. The first-order chi connectivity index (χ1) is 9.71. The van der Waals surface area contributed by atoms with Crippen molar-refractivity contribution in [3.8, 4) is 0 Å². The van der Waals surface area contributed by atoms with E-state index in [2.05, 4.69) is 5.32 Å². The number of ether oxygens (including phenoxy) is 2. The van der Waals surface area contributed by atoms with Gasteiger partial charge in [0.15, 0.2) is 0 Å². The molecule has 0 bridgehead atoms. The van der Waals surface area contributed by atoms with Crippen molar-refractivity contribution in [1.29, 1.82) is 0 Å². The normalized spacial score (nSPS) is 20.2. The molecule has 1 aliphatic carbocycles. The van der Waals surface area contributed by atoms with Crippen LogP contribution < -0.4 is 5.32 Å². The summed E-state index contributed by atoms with van der Waals surface area (Å²) in [5.41, 5.74) is -0.637. The van der Waals surface area contributed by atoms with E-state index >= 15 is 0 Å². The summed E-state index contributed by atoms with van der Waals surface area (Å²) in [6.45, 7) is 5.23. The molecule has 1 aliphatic rings. The molecule has 21 heavy (non-hydrogen) atoms. The van der Waals surface area contributed by atoms with Crippen LogP contribution in [0.3, 0.4) is 0 Å². The van der Waals surface area contributed by atoms with Crippen molar-refractivity contribution in [1.82, 2.24) is 5.32 Å². The monoisotopic (exact) mass is 301 g/mol. The van der Waals surface area contributed by atoms with Crippen LogP contribution in [0.4, 0.5) is 9.18 Å². The van der Waals surface area contributed by atoms with Crippen LogP contribution in [0.2, 0.25) is 0 Å². The van der Waals surface area contributed by atoms with Crippen LogP contribution >= 0.6 is 0 Å². The van der Waals surface area contributed by atoms with Crippen molar-refractivity contribution in [2.45, 2.75) is 58.1 Å². The summed E-state index contributed by atoms with van der Waals surface area (Å²) < 4.78 is 22.8. The molecule has 0 fully saturated rings. The zero-order chi connectivity index (χ0) is 16.0. The number of hydrogen-bond acceptors (Lipinski definition) is 4. The fourth-order valence-electron chi connectivity index (χ4n) is 2.21. The van der Waals surface area contributed by atoms with Gasteiger partial charge in [0.1, 0.15) is 11.6 Å². The van der Waals surface area contributed by atoms with Gasteiger partial charge in [-0.25, -0.2) is 14.0 Å². The topological polar surface area (TPSA) is 64.6 Å². The van der Waals surface area contributed by atoms with E-state index in [-0.39, 0.29) is 11.7 Å². The smallest absolute Gasteiger partial charge is 0.408 e. The lowest BCUT2D eigenvalue weighted by Gasteiger charge is -2.26. The van der Waals surface area contributed by atoms with E-state index in [1.54, 1.807) is 20.8 Å². The van der Waals surface area contributed by atoms with Gasteiger partial charge >= 0.3 is 12.1 Å². The van der Waals surface area contributed by atoms with Crippen molar-refractivity contribution in [3.63, 3.8) is 0 Å². The summed E-state index contributed by atoms with van der Waals surface area (Å²) in [4.78, 5) is 23.5. The van der Waals surface area contributed by atoms with E-state index in [1.807, 2.05) is 0 Å². The van der Waals surface area contributed by atoms with Gasteiger partial charge in [-0.2, -0.15) is 0 Å². The highest BCUT2D eigenvalue weighted by atomic mass is 19.1. The van der Waals surface area contributed by atoms with E-state index in [0.717, 1.165) is 0 Å². The second kappa shape index (κ2) is 7.43. The van der Waals surface area contributed by atoms with Crippen molar-refractivity contribution in [2.24, 2.45) is 5.92 Å². The Bertz CT molecular complexity index is 414. The Morgan fingerprint density at radius 1 is 1.48 bits per heavy atom. The maximum absolute atomic E-state index is 13.0. The van der Waals surface area contributed by atoms with Crippen LogP contribution in [0, 0.1) is 5.92 Å². The van der Waals surface area contributed by atoms with Crippen LogP contribution in [0.5, 0.6) is 0 Å². The third-order valence-corrected chi connectivity index (χ3v) is 3.21. The zero-order valence-corrected chi connectivity index (χ0v) is 13.1. The van der Waals surface area contributed by atoms with Gasteiger partial charge in [-0.05, 0) is 52.4 Å². The Balaban J connectivity index is 2.60. The summed E-state index contributed by atoms with van der Waals surface area (Å²) in [6, 6.07) is -0.774. The second-order valence-corrected chi connectivity index (χ2v) is 6.25. The standard InChI is InChI=1S/C15H24FNO4/c1-15(2,3)21-14(19)17-12(13(18)20-4)9-10-5-7-11(16)8-6-10/h7,10,12H,5-6,8-9H2,1-4H3,(H,17,19)/t10?,12-/m0/s1. The summed E-state index contributed by atoms with van der Waals surface area (Å²) in [5, 5.41) is 2.53. The number of carbonyl (C=O) groups excluding carboxylic acids is 2. The van der Waals surface area contributed by atoms with E-state index < -0.39 is 23.7 Å². The molecule has 2 atom stereocenters. The molecule has 0 aromatic rings. The second-order valence-electron chi connectivity index (χ2n) is 6.25. The molecule has 0 radical (unpaired) electrons. The van der Waals surface area contributed by atoms with Gasteiger partial charge in [-0.15, -0.1) is 0 Å². The molecule has 0 aromatic carbocycles. The molecule has 6 heteroatoms. The largest absolute Gasteiger partial charge is 0.467 e. The molecule has 1 amide bonds. The highest BCUT2D eigenvalue weighted by molar-refractivity contribution is 5.81. The number of rotatable bonds is 4. The lowest BCUT2D eigenvalue weighted by molar-refractivity contribution is -0.143. The molecule has 0 saturated heterocycles. The van der Waals surface area contributed by atoms with Gasteiger partial charge < -0.3 is 14.8 Å². The van der Waals surface area contributed by atoms with Gasteiger partial charge in [0, 0.05) is 0 Å². The summed E-state index contributed by atoms with van der Waals surface area (Å²) >= 11 is 0. The van der Waals surface area contributed by atoms with Gasteiger partial charge in [-0.3, -0.25) is 0 Å². The Hall–Kier alpha value is -1.59. The SMILES string of the molecule is COC(=O)[C@H](CC1CC=C(F)CC1)NC(=O)OC(C)(C)C. The molecule has 120 valence electrons. The molecule has 0 saturated carbocycles. The number of nitrogens with one attached hydrogen (secondary N) is 1. The first-order valence-electron chi connectivity index (χ1n) is 7.13. The van der Waals surface area contributed by atoms with Crippen LogP contribution in [-0.4, -0.2) is 30.8 Å². The van der Waals surface area contributed by atoms with E-state index in [1.165, 1.54) is 13.2 Å². The number of hydrogen-bond donors (Lipinski definition) is 1. The van der Waals surface area contributed by atoms with Crippen LogP contribution in [-0.2, 0) is 14.3 Å².